The first kappa shape index (κ1) is 28.7. The largest absolute Gasteiger partial charge is 0.493 e. The van der Waals surface area contributed by atoms with Gasteiger partial charge in [0.1, 0.15) is 5.82 Å². The van der Waals surface area contributed by atoms with E-state index in [0.29, 0.717) is 17.1 Å². The summed E-state index contributed by atoms with van der Waals surface area (Å²) >= 11 is 0. The zero-order chi connectivity index (χ0) is 28.4. The average molecular weight is 539 g/mol. The molecule has 2 aromatic carbocycles. The lowest BCUT2D eigenvalue weighted by molar-refractivity contribution is -0.142. The van der Waals surface area contributed by atoms with E-state index < -0.39 is 29.7 Å². The molecule has 0 unspecified atom stereocenters. The molecule has 0 saturated carbocycles. The summed E-state index contributed by atoms with van der Waals surface area (Å²) in [6.45, 7) is -0.645. The van der Waals surface area contributed by atoms with Crippen molar-refractivity contribution in [1.29, 1.82) is 0 Å². The highest BCUT2D eigenvalue weighted by atomic mass is 16.5. The minimum Gasteiger partial charge on any atom is -0.493 e. The van der Waals surface area contributed by atoms with Gasteiger partial charge in [0.15, 0.2) is 23.8 Å². The first-order valence-electron chi connectivity index (χ1n) is 11.8. The van der Waals surface area contributed by atoms with Crippen LogP contribution < -0.4 is 31.4 Å². The van der Waals surface area contributed by atoms with Gasteiger partial charge < -0.3 is 24.7 Å². The van der Waals surface area contributed by atoms with Crippen molar-refractivity contribution in [1.82, 2.24) is 9.55 Å². The monoisotopic (exact) mass is 538 g/mol. The molecule has 1 amide bonds. The van der Waals surface area contributed by atoms with Crippen molar-refractivity contribution in [3.8, 4) is 11.5 Å². The van der Waals surface area contributed by atoms with Crippen LogP contribution >= 0.6 is 0 Å². The number of carbonyl (C=O) groups is 2. The van der Waals surface area contributed by atoms with Crippen LogP contribution in [0.15, 0.2) is 64.2 Å². The molecule has 12 nitrogen and oxygen atoms in total. The normalized spacial score (nSPS) is 10.8. The number of esters is 1. The van der Waals surface area contributed by atoms with Crippen LogP contribution in [0.5, 0.6) is 11.5 Å². The molecule has 1 aromatic heterocycles. The van der Waals surface area contributed by atoms with E-state index in [1.54, 1.807) is 42.5 Å². The van der Waals surface area contributed by atoms with E-state index in [9.17, 15) is 19.2 Å². The molecule has 12 heteroatoms. The number of carbonyl (C=O) groups excluding carboxylic acids is 2. The molecule has 0 atom stereocenters. The Labute approximate surface area is 224 Å². The topological polar surface area (TPSA) is 155 Å². The third-order valence-electron chi connectivity index (χ3n) is 5.64. The molecular formula is C27H30N4O8. The second kappa shape index (κ2) is 13.6. The van der Waals surface area contributed by atoms with Crippen molar-refractivity contribution in [2.24, 2.45) is 0 Å². The van der Waals surface area contributed by atoms with Gasteiger partial charge >= 0.3 is 11.7 Å². The van der Waals surface area contributed by atoms with Crippen molar-refractivity contribution < 1.29 is 28.5 Å². The standard InChI is InChI=1S/C27H30N4O8/c1-36-14-13-30(24-25(28)31(27(35)29-26(24)34)16-19-7-5-4-6-8-19)22(32)17-39-23(33)12-10-18-9-11-20(37-2)21(15-18)38-3/h4-12,15H,13-14,16-17,28H2,1-3H3,(H,29,34,35)/b12-10-. The van der Waals surface area contributed by atoms with Gasteiger partial charge in [-0.05, 0) is 29.3 Å². The van der Waals surface area contributed by atoms with E-state index in [4.69, 9.17) is 24.7 Å². The fourth-order valence-electron chi connectivity index (χ4n) is 3.68. The predicted molar refractivity (Wildman–Crippen MR) is 145 cm³/mol. The molecule has 0 saturated heterocycles. The van der Waals surface area contributed by atoms with Crippen LogP contribution in [0.2, 0.25) is 0 Å². The number of nitrogens with two attached hydrogens (primary N) is 1. The summed E-state index contributed by atoms with van der Waals surface area (Å²) < 4.78 is 21.7. The molecule has 1 heterocycles. The van der Waals surface area contributed by atoms with Gasteiger partial charge in [-0.1, -0.05) is 36.4 Å². The minimum atomic E-state index is -0.856. The highest BCUT2D eigenvalue weighted by Gasteiger charge is 2.25. The minimum absolute atomic E-state index is 0.0512. The summed E-state index contributed by atoms with van der Waals surface area (Å²) in [5.41, 5.74) is 5.79. The number of benzene rings is 2. The van der Waals surface area contributed by atoms with Gasteiger partial charge in [0.05, 0.1) is 27.4 Å². The van der Waals surface area contributed by atoms with Gasteiger partial charge in [0.25, 0.3) is 11.5 Å². The molecule has 0 radical (unpaired) electrons. The third-order valence-corrected chi connectivity index (χ3v) is 5.64. The summed E-state index contributed by atoms with van der Waals surface area (Å²) in [6, 6.07) is 14.1. The molecule has 0 fully saturated rings. The van der Waals surface area contributed by atoms with Crippen LogP contribution in [-0.4, -0.2) is 62.5 Å². The molecule has 39 heavy (non-hydrogen) atoms. The Morgan fingerprint density at radius 2 is 1.74 bits per heavy atom. The summed E-state index contributed by atoms with van der Waals surface area (Å²) in [4.78, 5) is 53.9. The molecule has 0 aliphatic rings. The maximum atomic E-state index is 13.1. The maximum absolute atomic E-state index is 13.1. The quantitative estimate of drug-likeness (QED) is 0.257. The van der Waals surface area contributed by atoms with Gasteiger partial charge in [-0.3, -0.25) is 24.0 Å². The molecular weight excluding hydrogens is 508 g/mol. The SMILES string of the molecule is COCCN(C(=O)COC(=O)/C=C\c1ccc(OC)c(OC)c1)c1c(N)n(Cc2ccccc2)c(=O)[nH]c1=O. The number of ether oxygens (including phenoxy) is 4. The van der Waals surface area contributed by atoms with Crippen LogP contribution in [0, 0.1) is 0 Å². The predicted octanol–water partition coefficient (Wildman–Crippen LogP) is 1.42. The van der Waals surface area contributed by atoms with Crippen molar-refractivity contribution in [2.75, 3.05) is 51.7 Å². The van der Waals surface area contributed by atoms with Gasteiger partial charge in [0, 0.05) is 19.7 Å². The molecule has 3 N–H and O–H groups in total. The lowest BCUT2D eigenvalue weighted by Gasteiger charge is -2.24. The van der Waals surface area contributed by atoms with Gasteiger partial charge in [-0.15, -0.1) is 0 Å². The molecule has 3 rings (SSSR count). The van der Waals surface area contributed by atoms with Gasteiger partial charge in [-0.25, -0.2) is 9.59 Å². The zero-order valence-corrected chi connectivity index (χ0v) is 21.8. The number of nitrogens with zero attached hydrogens (tertiary/aromatic N) is 2. The number of amides is 1. The molecule has 0 aliphatic heterocycles. The Morgan fingerprint density at radius 1 is 1.03 bits per heavy atom. The maximum Gasteiger partial charge on any atom is 0.331 e. The summed E-state index contributed by atoms with van der Waals surface area (Å²) in [5, 5.41) is 0. The number of H-pyrrole nitrogens is 1. The molecule has 0 aliphatic carbocycles. The van der Waals surface area contributed by atoms with Crippen molar-refractivity contribution in [3.63, 3.8) is 0 Å². The number of hydrogen-bond acceptors (Lipinski definition) is 9. The molecule has 0 spiro atoms. The Bertz CT molecular complexity index is 1450. The van der Waals surface area contributed by atoms with E-state index in [0.717, 1.165) is 21.1 Å². The van der Waals surface area contributed by atoms with Crippen LogP contribution in [0.1, 0.15) is 11.1 Å². The highest BCUT2D eigenvalue weighted by Crippen LogP contribution is 2.28. The number of aromatic nitrogens is 2. The van der Waals surface area contributed by atoms with Gasteiger partial charge in [0.2, 0.25) is 0 Å². The van der Waals surface area contributed by atoms with Crippen molar-refractivity contribution in [2.45, 2.75) is 6.54 Å². The Hall–Kier alpha value is -4.84. The highest BCUT2D eigenvalue weighted by molar-refractivity contribution is 5.98. The fourth-order valence-corrected chi connectivity index (χ4v) is 3.68. The summed E-state index contributed by atoms with van der Waals surface area (Å²) in [5.74, 6) is -0.726. The smallest absolute Gasteiger partial charge is 0.331 e. The Morgan fingerprint density at radius 3 is 2.41 bits per heavy atom. The van der Waals surface area contributed by atoms with Crippen LogP contribution in [0.4, 0.5) is 11.5 Å². The average Bonchev–Trinajstić information content (AvgIpc) is 2.94. The lowest BCUT2D eigenvalue weighted by atomic mass is 10.2. The number of nitrogens with one attached hydrogen (secondary N) is 1. The summed E-state index contributed by atoms with van der Waals surface area (Å²) in [6.07, 6.45) is 2.63. The van der Waals surface area contributed by atoms with Gasteiger partial charge in [-0.2, -0.15) is 0 Å². The third kappa shape index (κ3) is 7.36. The number of nitrogen functional groups attached to an aromatic ring is 1. The van der Waals surface area contributed by atoms with Crippen LogP contribution in [0.3, 0.4) is 0 Å². The fraction of sp³-hybridized carbons (Fsp3) is 0.259. The molecule has 0 bridgehead atoms. The van der Waals surface area contributed by atoms with Crippen molar-refractivity contribution >= 4 is 29.5 Å². The second-order valence-corrected chi connectivity index (χ2v) is 8.16. The van der Waals surface area contributed by atoms with Crippen LogP contribution in [-0.2, 0) is 25.6 Å². The first-order valence-corrected chi connectivity index (χ1v) is 11.8. The number of aromatic amines is 1. The number of hydrogen-bond donors (Lipinski definition) is 2. The first-order chi connectivity index (χ1) is 18.8. The van der Waals surface area contributed by atoms with E-state index in [1.165, 1.54) is 27.4 Å². The van der Waals surface area contributed by atoms with E-state index in [1.807, 2.05) is 6.07 Å². The Kier molecular flexibility index (Phi) is 10.0. The number of rotatable bonds is 12. The van der Waals surface area contributed by atoms with E-state index in [-0.39, 0.29) is 31.2 Å². The molecule has 206 valence electrons. The summed E-state index contributed by atoms with van der Waals surface area (Å²) in [7, 11) is 4.43. The molecule has 3 aromatic rings. The number of anilines is 2. The Balaban J connectivity index is 1.79. The van der Waals surface area contributed by atoms with Crippen molar-refractivity contribution in [3.05, 3.63) is 86.6 Å². The van der Waals surface area contributed by atoms with Crippen LogP contribution in [0.25, 0.3) is 6.08 Å². The van der Waals surface area contributed by atoms with E-state index >= 15 is 0 Å². The lowest BCUT2D eigenvalue weighted by Crippen LogP contribution is -2.44. The zero-order valence-electron chi connectivity index (χ0n) is 21.8. The van der Waals surface area contributed by atoms with E-state index in [2.05, 4.69) is 4.98 Å². The number of methoxy groups -OCH3 is 3. The second-order valence-electron chi connectivity index (χ2n) is 8.16.